The van der Waals surface area contributed by atoms with E-state index in [1.165, 1.54) is 18.2 Å². The summed E-state index contributed by atoms with van der Waals surface area (Å²) in [7, 11) is 0. The Hall–Kier alpha value is -3.06. The van der Waals surface area contributed by atoms with Crippen molar-refractivity contribution >= 4 is 11.8 Å². The van der Waals surface area contributed by atoms with Crippen LogP contribution in [0.25, 0.3) is 11.1 Å². The molecule has 3 N–H and O–H groups in total. The van der Waals surface area contributed by atoms with Crippen molar-refractivity contribution in [3.63, 3.8) is 0 Å². The molecule has 7 nitrogen and oxygen atoms in total. The largest absolute Gasteiger partial charge is 0.508 e. The second kappa shape index (κ2) is 6.83. The third-order valence-electron chi connectivity index (χ3n) is 5.40. The van der Waals surface area contributed by atoms with E-state index in [1.807, 2.05) is 0 Å². The van der Waals surface area contributed by atoms with Crippen molar-refractivity contribution in [3.05, 3.63) is 48.0 Å². The van der Waals surface area contributed by atoms with Gasteiger partial charge in [0.25, 0.3) is 11.8 Å². The summed E-state index contributed by atoms with van der Waals surface area (Å²) in [6.07, 6.45) is 1.04. The Bertz CT molecular complexity index is 913. The molecule has 0 spiro atoms. The Labute approximate surface area is 162 Å². The van der Waals surface area contributed by atoms with Gasteiger partial charge < -0.3 is 25.1 Å². The quantitative estimate of drug-likeness (QED) is 0.700. The number of aromatic hydroxyl groups is 2. The van der Waals surface area contributed by atoms with E-state index in [0.717, 1.165) is 0 Å². The van der Waals surface area contributed by atoms with Gasteiger partial charge in [0.1, 0.15) is 17.1 Å². The maximum atomic E-state index is 12.7. The lowest BCUT2D eigenvalue weighted by Gasteiger charge is -2.35. The van der Waals surface area contributed by atoms with Crippen LogP contribution in [-0.4, -0.2) is 68.7 Å². The van der Waals surface area contributed by atoms with Crippen molar-refractivity contribution in [2.45, 2.75) is 18.4 Å². The maximum Gasteiger partial charge on any atom is 0.254 e. The standard InChI is InChI=1S/C21H22N2O5/c24-16-5-6-18(25)17(13-16)14-1-3-15(4-2-14)19(26)22-9-11-23(12-10-22)20(27)21(28)7-8-21/h1-6,13,24-25,28H,7-12H2. The Morgan fingerprint density at radius 1 is 0.857 bits per heavy atom. The predicted octanol–water partition coefficient (Wildman–Crippen LogP) is 1.57. The first-order valence-electron chi connectivity index (χ1n) is 9.31. The van der Waals surface area contributed by atoms with Crippen LogP contribution in [0.5, 0.6) is 11.5 Å². The first-order chi connectivity index (χ1) is 13.4. The molecule has 0 radical (unpaired) electrons. The monoisotopic (exact) mass is 382 g/mol. The summed E-state index contributed by atoms with van der Waals surface area (Å²) in [6.45, 7) is 1.69. The number of rotatable bonds is 3. The number of hydrogen-bond donors (Lipinski definition) is 3. The van der Waals surface area contributed by atoms with Crippen LogP contribution in [0.3, 0.4) is 0 Å². The third-order valence-corrected chi connectivity index (χ3v) is 5.40. The lowest BCUT2D eigenvalue weighted by molar-refractivity contribution is -0.143. The average Bonchev–Trinajstić information content (AvgIpc) is 3.47. The molecule has 1 aliphatic carbocycles. The lowest BCUT2D eigenvalue weighted by atomic mass is 10.0. The van der Waals surface area contributed by atoms with Gasteiger partial charge in [0, 0.05) is 37.3 Å². The average molecular weight is 382 g/mol. The number of carbonyl (C=O) groups is 2. The molecule has 2 fully saturated rings. The molecule has 0 atom stereocenters. The second-order valence-corrected chi connectivity index (χ2v) is 7.39. The molecule has 0 unspecified atom stereocenters. The second-order valence-electron chi connectivity index (χ2n) is 7.39. The molecular weight excluding hydrogens is 360 g/mol. The Morgan fingerprint density at radius 3 is 2.07 bits per heavy atom. The lowest BCUT2D eigenvalue weighted by Crippen LogP contribution is -2.53. The topological polar surface area (TPSA) is 101 Å². The number of phenolic OH excluding ortho intramolecular Hbond substituents is 2. The minimum absolute atomic E-state index is 0.0509. The number of nitrogens with zero attached hydrogens (tertiary/aromatic N) is 2. The van der Waals surface area contributed by atoms with Crippen LogP contribution in [0.15, 0.2) is 42.5 Å². The number of phenols is 2. The summed E-state index contributed by atoms with van der Waals surface area (Å²) in [6, 6.07) is 11.1. The molecule has 146 valence electrons. The number of benzene rings is 2. The Balaban J connectivity index is 1.42. The summed E-state index contributed by atoms with van der Waals surface area (Å²) >= 11 is 0. The zero-order chi connectivity index (χ0) is 19.9. The van der Waals surface area contributed by atoms with E-state index in [9.17, 15) is 24.9 Å². The minimum atomic E-state index is -1.17. The van der Waals surface area contributed by atoms with Crippen molar-refractivity contribution in [2.24, 2.45) is 0 Å². The fraction of sp³-hybridized carbons (Fsp3) is 0.333. The normalized spacial score (nSPS) is 18.0. The molecule has 1 saturated carbocycles. The van der Waals surface area contributed by atoms with Crippen LogP contribution in [0, 0.1) is 0 Å². The van der Waals surface area contributed by atoms with E-state index in [1.54, 1.807) is 34.1 Å². The van der Waals surface area contributed by atoms with Crippen LogP contribution in [0.1, 0.15) is 23.2 Å². The molecule has 7 heteroatoms. The van der Waals surface area contributed by atoms with Crippen LogP contribution >= 0.6 is 0 Å². The molecule has 1 saturated heterocycles. The fourth-order valence-corrected chi connectivity index (χ4v) is 3.47. The third kappa shape index (κ3) is 3.41. The van der Waals surface area contributed by atoms with Crippen molar-refractivity contribution in [1.29, 1.82) is 0 Å². The van der Waals surface area contributed by atoms with E-state index in [0.29, 0.717) is 55.7 Å². The number of carbonyl (C=O) groups excluding carboxylic acids is 2. The summed E-state index contributed by atoms with van der Waals surface area (Å²) in [5.74, 6) is -0.245. The molecule has 2 aromatic carbocycles. The van der Waals surface area contributed by atoms with Gasteiger partial charge >= 0.3 is 0 Å². The highest BCUT2D eigenvalue weighted by Gasteiger charge is 2.50. The number of amides is 2. The SMILES string of the molecule is O=C(c1ccc(-c2cc(O)ccc2O)cc1)N1CCN(C(=O)C2(O)CC2)CC1. The smallest absolute Gasteiger partial charge is 0.254 e. The molecule has 4 rings (SSSR count). The van der Waals surface area contributed by atoms with E-state index in [4.69, 9.17) is 0 Å². The van der Waals surface area contributed by atoms with E-state index in [-0.39, 0.29) is 23.3 Å². The molecule has 0 bridgehead atoms. The fourth-order valence-electron chi connectivity index (χ4n) is 3.47. The molecule has 2 aromatic rings. The van der Waals surface area contributed by atoms with Crippen LogP contribution < -0.4 is 0 Å². The Morgan fingerprint density at radius 2 is 1.46 bits per heavy atom. The summed E-state index contributed by atoms with van der Waals surface area (Å²) in [5, 5.41) is 29.5. The number of piperazine rings is 1. The maximum absolute atomic E-state index is 12.7. The highest BCUT2D eigenvalue weighted by atomic mass is 16.3. The van der Waals surface area contributed by atoms with Gasteiger partial charge in [0.15, 0.2) is 0 Å². The Kier molecular flexibility index (Phi) is 4.47. The first kappa shape index (κ1) is 18.3. The zero-order valence-electron chi connectivity index (χ0n) is 15.3. The summed E-state index contributed by atoms with van der Waals surface area (Å²) in [5.41, 5.74) is 0.533. The van der Waals surface area contributed by atoms with Gasteiger partial charge in [0.05, 0.1) is 0 Å². The first-order valence-corrected chi connectivity index (χ1v) is 9.31. The summed E-state index contributed by atoms with van der Waals surface area (Å²) in [4.78, 5) is 28.3. The van der Waals surface area contributed by atoms with Crippen molar-refractivity contribution in [1.82, 2.24) is 9.80 Å². The van der Waals surface area contributed by atoms with Crippen molar-refractivity contribution in [3.8, 4) is 22.6 Å². The van der Waals surface area contributed by atoms with E-state index in [2.05, 4.69) is 0 Å². The highest BCUT2D eigenvalue weighted by molar-refractivity contribution is 5.95. The number of hydrogen-bond acceptors (Lipinski definition) is 5. The van der Waals surface area contributed by atoms with Crippen molar-refractivity contribution < 1.29 is 24.9 Å². The van der Waals surface area contributed by atoms with Gasteiger partial charge in [-0.2, -0.15) is 0 Å². The predicted molar refractivity (Wildman–Crippen MR) is 102 cm³/mol. The zero-order valence-corrected chi connectivity index (χ0v) is 15.3. The van der Waals surface area contributed by atoms with E-state index >= 15 is 0 Å². The highest BCUT2D eigenvalue weighted by Crippen LogP contribution is 2.37. The minimum Gasteiger partial charge on any atom is -0.508 e. The molecule has 28 heavy (non-hydrogen) atoms. The van der Waals surface area contributed by atoms with Gasteiger partial charge in [-0.1, -0.05) is 12.1 Å². The molecule has 2 amide bonds. The van der Waals surface area contributed by atoms with Gasteiger partial charge in [-0.15, -0.1) is 0 Å². The molecule has 1 heterocycles. The van der Waals surface area contributed by atoms with Crippen molar-refractivity contribution in [2.75, 3.05) is 26.2 Å². The molecule has 1 aliphatic heterocycles. The molecule has 2 aliphatic rings. The van der Waals surface area contributed by atoms with Crippen LogP contribution in [0.2, 0.25) is 0 Å². The van der Waals surface area contributed by atoms with Crippen LogP contribution in [-0.2, 0) is 4.79 Å². The molecule has 0 aromatic heterocycles. The van der Waals surface area contributed by atoms with Gasteiger partial charge in [-0.25, -0.2) is 0 Å². The number of aliphatic hydroxyl groups is 1. The summed E-state index contributed by atoms with van der Waals surface area (Å²) < 4.78 is 0. The van der Waals surface area contributed by atoms with Gasteiger partial charge in [0.2, 0.25) is 0 Å². The van der Waals surface area contributed by atoms with E-state index < -0.39 is 5.60 Å². The van der Waals surface area contributed by atoms with Gasteiger partial charge in [-0.3, -0.25) is 9.59 Å². The van der Waals surface area contributed by atoms with Crippen LogP contribution in [0.4, 0.5) is 0 Å². The molecular formula is C21H22N2O5. The van der Waals surface area contributed by atoms with Gasteiger partial charge in [-0.05, 0) is 48.7 Å².